The Balaban J connectivity index is 1.93. The van der Waals surface area contributed by atoms with Crippen molar-refractivity contribution < 1.29 is 19.2 Å². The summed E-state index contributed by atoms with van der Waals surface area (Å²) in [4.78, 5) is 34.1. The van der Waals surface area contributed by atoms with Crippen LogP contribution >= 0.6 is 23.8 Å². The summed E-state index contributed by atoms with van der Waals surface area (Å²) in [5.41, 5.74) is 0.657. The zero-order valence-corrected chi connectivity index (χ0v) is 17.5. The molecule has 2 aromatic carbocycles. The van der Waals surface area contributed by atoms with Gasteiger partial charge in [-0.25, -0.2) is 0 Å². The average molecular weight is 451 g/mol. The lowest BCUT2D eigenvalue weighted by molar-refractivity contribution is -0.385. The Bertz CT molecular complexity index is 970. The van der Waals surface area contributed by atoms with Gasteiger partial charge in [0, 0.05) is 18.2 Å². The summed E-state index contributed by atoms with van der Waals surface area (Å²) in [5, 5.41) is 19.1. The van der Waals surface area contributed by atoms with Crippen molar-refractivity contribution >= 4 is 57.8 Å². The van der Waals surface area contributed by atoms with Crippen LogP contribution in [0.4, 0.5) is 17.1 Å². The second-order valence-corrected chi connectivity index (χ2v) is 6.82. The number of amides is 2. The third-order valence-electron chi connectivity index (χ3n) is 3.65. The molecule has 9 nitrogen and oxygen atoms in total. The molecule has 0 atom stereocenters. The first-order valence-electron chi connectivity index (χ1n) is 8.86. The van der Waals surface area contributed by atoms with Gasteiger partial charge in [-0.05, 0) is 42.9 Å². The number of para-hydroxylation sites is 2. The Morgan fingerprint density at radius 2 is 1.90 bits per heavy atom. The fraction of sp³-hybridized carbons (Fsp3) is 0.211. The zero-order valence-electron chi connectivity index (χ0n) is 15.9. The molecule has 0 aliphatic heterocycles. The van der Waals surface area contributed by atoms with Crippen LogP contribution in [0.25, 0.3) is 0 Å². The van der Waals surface area contributed by atoms with E-state index in [4.69, 9.17) is 28.6 Å². The first-order valence-corrected chi connectivity index (χ1v) is 9.65. The minimum absolute atomic E-state index is 0.0323. The van der Waals surface area contributed by atoms with Crippen molar-refractivity contribution in [1.82, 2.24) is 5.32 Å². The monoisotopic (exact) mass is 450 g/mol. The predicted octanol–water partition coefficient (Wildman–Crippen LogP) is 3.88. The third kappa shape index (κ3) is 6.98. The normalized spacial score (nSPS) is 10.1. The molecule has 30 heavy (non-hydrogen) atoms. The first-order chi connectivity index (χ1) is 14.3. The van der Waals surface area contributed by atoms with E-state index in [2.05, 4.69) is 16.0 Å². The Labute approximate surface area is 182 Å². The van der Waals surface area contributed by atoms with Crippen LogP contribution in [0.2, 0.25) is 5.02 Å². The van der Waals surface area contributed by atoms with E-state index < -0.39 is 17.4 Å². The SMILES string of the molecule is CCCC(=O)Nc1ccc(Cl)c(NC(=S)NC(=O)COc2ccccc2[N+](=O)[O-])c1. The Morgan fingerprint density at radius 1 is 1.17 bits per heavy atom. The molecule has 0 saturated carbocycles. The number of carbonyl (C=O) groups is 2. The van der Waals surface area contributed by atoms with E-state index in [-0.39, 0.29) is 22.5 Å². The molecular formula is C19H19ClN4O5S. The van der Waals surface area contributed by atoms with Crippen molar-refractivity contribution in [3.8, 4) is 5.75 Å². The van der Waals surface area contributed by atoms with Crippen molar-refractivity contribution in [2.24, 2.45) is 0 Å². The van der Waals surface area contributed by atoms with E-state index in [1.54, 1.807) is 24.3 Å². The minimum Gasteiger partial charge on any atom is -0.477 e. The van der Waals surface area contributed by atoms with Gasteiger partial charge in [0.2, 0.25) is 5.91 Å². The smallest absolute Gasteiger partial charge is 0.310 e. The highest BCUT2D eigenvalue weighted by molar-refractivity contribution is 7.80. The van der Waals surface area contributed by atoms with E-state index in [1.807, 2.05) is 6.92 Å². The van der Waals surface area contributed by atoms with Crippen LogP contribution in [-0.4, -0.2) is 28.5 Å². The van der Waals surface area contributed by atoms with Crippen LogP contribution < -0.4 is 20.7 Å². The molecule has 11 heteroatoms. The number of nitro benzene ring substituents is 1. The number of thiocarbonyl (C=S) groups is 1. The van der Waals surface area contributed by atoms with Crippen LogP contribution in [0.5, 0.6) is 5.75 Å². The van der Waals surface area contributed by atoms with Crippen LogP contribution in [0, 0.1) is 10.1 Å². The number of nitrogens with zero attached hydrogens (tertiary/aromatic N) is 1. The van der Waals surface area contributed by atoms with E-state index in [1.165, 1.54) is 18.2 Å². The number of halogens is 1. The minimum atomic E-state index is -0.617. The number of ether oxygens (including phenoxy) is 1. The zero-order chi connectivity index (χ0) is 22.1. The largest absolute Gasteiger partial charge is 0.477 e. The molecule has 0 aliphatic carbocycles. The fourth-order valence-corrected chi connectivity index (χ4v) is 2.73. The predicted molar refractivity (Wildman–Crippen MR) is 118 cm³/mol. The summed E-state index contributed by atoms with van der Waals surface area (Å²) in [6.07, 6.45) is 1.11. The maximum Gasteiger partial charge on any atom is 0.310 e. The molecule has 2 rings (SSSR count). The maximum atomic E-state index is 12.0. The summed E-state index contributed by atoms with van der Waals surface area (Å²) >= 11 is 11.2. The van der Waals surface area contributed by atoms with Gasteiger partial charge in [-0.2, -0.15) is 0 Å². The van der Waals surface area contributed by atoms with Crippen molar-refractivity contribution in [3.05, 3.63) is 57.6 Å². The van der Waals surface area contributed by atoms with E-state index >= 15 is 0 Å². The topological polar surface area (TPSA) is 123 Å². The number of hydrogen-bond donors (Lipinski definition) is 3. The van der Waals surface area contributed by atoms with Gasteiger partial charge in [0.15, 0.2) is 17.5 Å². The number of benzene rings is 2. The Hall–Kier alpha value is -3.24. The van der Waals surface area contributed by atoms with Crippen molar-refractivity contribution in [1.29, 1.82) is 0 Å². The van der Waals surface area contributed by atoms with E-state index in [0.717, 1.165) is 6.42 Å². The molecule has 0 radical (unpaired) electrons. The third-order valence-corrected chi connectivity index (χ3v) is 4.18. The molecule has 0 aliphatic rings. The molecule has 0 heterocycles. The molecule has 0 unspecified atom stereocenters. The van der Waals surface area contributed by atoms with Gasteiger partial charge in [0.1, 0.15) is 0 Å². The highest BCUT2D eigenvalue weighted by Gasteiger charge is 2.15. The van der Waals surface area contributed by atoms with Gasteiger partial charge in [0.25, 0.3) is 5.91 Å². The van der Waals surface area contributed by atoms with E-state index in [9.17, 15) is 19.7 Å². The highest BCUT2D eigenvalue weighted by Crippen LogP contribution is 2.26. The molecular weight excluding hydrogens is 432 g/mol. The average Bonchev–Trinajstić information content (AvgIpc) is 2.69. The first kappa shape index (κ1) is 23.0. The van der Waals surface area contributed by atoms with Crippen LogP contribution in [-0.2, 0) is 9.59 Å². The standard InChI is InChI=1S/C19H19ClN4O5S/c1-2-5-17(25)21-12-8-9-13(20)14(10-12)22-19(30)23-18(26)11-29-16-7-4-3-6-15(16)24(27)28/h3-4,6-10H,2,5,11H2,1H3,(H,21,25)(H2,22,23,26,30). The molecule has 0 aromatic heterocycles. The molecule has 2 aromatic rings. The number of carbonyl (C=O) groups excluding carboxylic acids is 2. The highest BCUT2D eigenvalue weighted by atomic mass is 35.5. The summed E-state index contributed by atoms with van der Waals surface area (Å²) in [6.45, 7) is 1.42. The molecule has 3 N–H and O–H groups in total. The Morgan fingerprint density at radius 3 is 2.60 bits per heavy atom. The number of rotatable bonds is 8. The van der Waals surface area contributed by atoms with Gasteiger partial charge in [-0.1, -0.05) is 30.7 Å². The number of anilines is 2. The van der Waals surface area contributed by atoms with Crippen molar-refractivity contribution in [3.63, 3.8) is 0 Å². The van der Waals surface area contributed by atoms with Crippen molar-refractivity contribution in [2.75, 3.05) is 17.2 Å². The van der Waals surface area contributed by atoms with E-state index in [0.29, 0.717) is 22.8 Å². The van der Waals surface area contributed by atoms with Gasteiger partial charge in [-0.15, -0.1) is 0 Å². The second-order valence-electron chi connectivity index (χ2n) is 6.01. The second kappa shape index (κ2) is 11.1. The van der Waals surface area contributed by atoms with Gasteiger partial charge >= 0.3 is 5.69 Å². The molecule has 0 spiro atoms. The van der Waals surface area contributed by atoms with Crippen molar-refractivity contribution in [2.45, 2.75) is 19.8 Å². The summed E-state index contributed by atoms with van der Waals surface area (Å²) in [5.74, 6) is -0.780. The maximum absolute atomic E-state index is 12.0. The lowest BCUT2D eigenvalue weighted by atomic mass is 10.2. The van der Waals surface area contributed by atoms with Crippen LogP contribution in [0.1, 0.15) is 19.8 Å². The molecule has 0 fully saturated rings. The lowest BCUT2D eigenvalue weighted by Crippen LogP contribution is -2.37. The van der Waals surface area contributed by atoms with Crippen LogP contribution in [0.15, 0.2) is 42.5 Å². The number of hydrogen-bond acceptors (Lipinski definition) is 6. The van der Waals surface area contributed by atoms with Gasteiger partial charge in [0.05, 0.1) is 15.6 Å². The quantitative estimate of drug-likeness (QED) is 0.317. The molecule has 158 valence electrons. The summed E-state index contributed by atoms with van der Waals surface area (Å²) < 4.78 is 5.21. The molecule has 0 bridgehead atoms. The summed E-state index contributed by atoms with van der Waals surface area (Å²) in [6, 6.07) is 10.5. The molecule has 0 saturated heterocycles. The molecule has 2 amide bonds. The lowest BCUT2D eigenvalue weighted by Gasteiger charge is -2.13. The van der Waals surface area contributed by atoms with Gasteiger partial charge < -0.3 is 15.4 Å². The number of nitro groups is 1. The fourth-order valence-electron chi connectivity index (χ4n) is 2.34. The van der Waals surface area contributed by atoms with Gasteiger partial charge in [-0.3, -0.25) is 25.0 Å². The van der Waals surface area contributed by atoms with Crippen LogP contribution in [0.3, 0.4) is 0 Å². The summed E-state index contributed by atoms with van der Waals surface area (Å²) in [7, 11) is 0. The number of nitrogens with one attached hydrogen (secondary N) is 3. The Kier molecular flexibility index (Phi) is 8.51.